The van der Waals surface area contributed by atoms with E-state index in [1.165, 1.54) is 0 Å². The molecule has 1 aromatic carbocycles. The summed E-state index contributed by atoms with van der Waals surface area (Å²) in [5.74, 6) is 1.62. The van der Waals surface area contributed by atoms with E-state index in [2.05, 4.69) is 0 Å². The molecule has 1 unspecified atom stereocenters. The van der Waals surface area contributed by atoms with Gasteiger partial charge >= 0.3 is 0 Å². The van der Waals surface area contributed by atoms with E-state index >= 15 is 0 Å². The molecule has 0 amide bonds. The third-order valence-electron chi connectivity index (χ3n) is 2.18. The summed E-state index contributed by atoms with van der Waals surface area (Å²) in [6.07, 6.45) is 0. The molecule has 0 bridgehead atoms. The van der Waals surface area contributed by atoms with Crippen molar-refractivity contribution in [2.24, 2.45) is 5.73 Å². The van der Waals surface area contributed by atoms with Gasteiger partial charge in [-0.05, 0) is 33.2 Å². The number of rotatable bonds is 7. The Labute approximate surface area is 103 Å². The molecule has 4 nitrogen and oxygen atoms in total. The predicted octanol–water partition coefficient (Wildman–Crippen LogP) is 1.35. The number of likely N-dealkylation sites (N-methyl/N-ethyl adjacent to an activating group) is 1. The van der Waals surface area contributed by atoms with Crippen molar-refractivity contribution in [2.45, 2.75) is 13.0 Å². The summed E-state index contributed by atoms with van der Waals surface area (Å²) in [5, 5.41) is 0. The van der Waals surface area contributed by atoms with Crippen molar-refractivity contribution in [2.75, 3.05) is 33.9 Å². The monoisotopic (exact) mass is 238 g/mol. The Morgan fingerprint density at radius 1 is 1.24 bits per heavy atom. The predicted molar refractivity (Wildman–Crippen MR) is 69.6 cm³/mol. The number of benzene rings is 1. The van der Waals surface area contributed by atoms with Gasteiger partial charge in [-0.25, -0.2) is 0 Å². The third-order valence-corrected chi connectivity index (χ3v) is 2.18. The Hall–Kier alpha value is -1.26. The highest BCUT2D eigenvalue weighted by molar-refractivity contribution is 5.32. The third kappa shape index (κ3) is 5.56. The van der Waals surface area contributed by atoms with Crippen LogP contribution in [0.25, 0.3) is 0 Å². The zero-order valence-electron chi connectivity index (χ0n) is 10.8. The second-order valence-electron chi connectivity index (χ2n) is 4.24. The van der Waals surface area contributed by atoms with E-state index in [9.17, 15) is 0 Å². The quantitative estimate of drug-likeness (QED) is 0.779. The zero-order valence-corrected chi connectivity index (χ0v) is 10.8. The second-order valence-corrected chi connectivity index (χ2v) is 4.24. The van der Waals surface area contributed by atoms with Crippen LogP contribution in [0, 0.1) is 0 Å². The molecule has 1 rings (SSSR count). The lowest BCUT2D eigenvalue weighted by molar-refractivity contribution is 0.252. The van der Waals surface area contributed by atoms with Gasteiger partial charge in [-0.3, -0.25) is 0 Å². The fourth-order valence-electron chi connectivity index (χ4n) is 1.55. The number of hydrogen-bond acceptors (Lipinski definition) is 4. The first-order chi connectivity index (χ1) is 8.11. The fourth-order valence-corrected chi connectivity index (χ4v) is 1.55. The van der Waals surface area contributed by atoms with Crippen LogP contribution >= 0.6 is 0 Å². The van der Waals surface area contributed by atoms with Crippen molar-refractivity contribution in [1.82, 2.24) is 4.90 Å². The average Bonchev–Trinajstić information content (AvgIpc) is 2.26. The van der Waals surface area contributed by atoms with Gasteiger partial charge in [0.15, 0.2) is 0 Å². The number of hydrogen-bond donors (Lipinski definition) is 1. The zero-order chi connectivity index (χ0) is 12.7. The molecule has 0 fully saturated rings. The average molecular weight is 238 g/mol. The van der Waals surface area contributed by atoms with E-state index in [0.717, 1.165) is 18.0 Å². The van der Waals surface area contributed by atoms with Gasteiger partial charge < -0.3 is 20.1 Å². The maximum atomic E-state index is 5.92. The molecule has 1 aromatic rings. The molecule has 0 heterocycles. The lowest BCUT2D eigenvalue weighted by atomic mass is 10.3. The number of nitrogens with two attached hydrogens (primary N) is 1. The van der Waals surface area contributed by atoms with Gasteiger partial charge in [0.2, 0.25) is 0 Å². The Bertz CT molecular complexity index is 329. The summed E-state index contributed by atoms with van der Waals surface area (Å²) < 4.78 is 11.0. The van der Waals surface area contributed by atoms with Gasteiger partial charge in [-0.15, -0.1) is 0 Å². The van der Waals surface area contributed by atoms with Crippen LogP contribution in [0.4, 0.5) is 0 Å². The molecule has 0 saturated heterocycles. The van der Waals surface area contributed by atoms with E-state index < -0.39 is 0 Å². The van der Waals surface area contributed by atoms with Crippen molar-refractivity contribution in [3.63, 3.8) is 0 Å². The van der Waals surface area contributed by atoms with Crippen molar-refractivity contribution >= 4 is 0 Å². The molecular formula is C13H22N2O2. The lowest BCUT2D eigenvalue weighted by Gasteiger charge is -2.17. The van der Waals surface area contributed by atoms with Crippen LogP contribution in [-0.2, 0) is 0 Å². The summed E-state index contributed by atoms with van der Waals surface area (Å²) in [6.45, 7) is 3.93. The number of nitrogens with zero attached hydrogens (tertiary/aromatic N) is 1. The summed E-state index contributed by atoms with van der Waals surface area (Å²) in [5.41, 5.74) is 5.92. The van der Waals surface area contributed by atoms with Crippen molar-refractivity contribution in [3.8, 4) is 11.5 Å². The molecule has 0 aliphatic rings. The molecular weight excluding hydrogens is 216 g/mol. The van der Waals surface area contributed by atoms with E-state index in [0.29, 0.717) is 13.2 Å². The molecule has 2 N–H and O–H groups in total. The fraction of sp³-hybridized carbons (Fsp3) is 0.538. The minimum Gasteiger partial charge on any atom is -0.494 e. The molecule has 1 atom stereocenters. The maximum Gasteiger partial charge on any atom is 0.123 e. The lowest BCUT2D eigenvalue weighted by Crippen LogP contribution is -2.37. The Morgan fingerprint density at radius 3 is 2.47 bits per heavy atom. The Kier molecular flexibility index (Phi) is 5.80. The highest BCUT2D eigenvalue weighted by Crippen LogP contribution is 2.19. The van der Waals surface area contributed by atoms with Gasteiger partial charge in [-0.1, -0.05) is 6.07 Å². The van der Waals surface area contributed by atoms with Gasteiger partial charge in [0.1, 0.15) is 18.1 Å². The molecule has 4 heteroatoms. The second kappa shape index (κ2) is 7.14. The first-order valence-electron chi connectivity index (χ1n) is 5.87. The van der Waals surface area contributed by atoms with E-state index in [-0.39, 0.29) is 6.04 Å². The van der Waals surface area contributed by atoms with Gasteiger partial charge in [-0.2, -0.15) is 0 Å². The minimum absolute atomic E-state index is 0.0146. The minimum atomic E-state index is 0.0146. The largest absolute Gasteiger partial charge is 0.494 e. The summed E-state index contributed by atoms with van der Waals surface area (Å²) >= 11 is 0. The molecule has 0 saturated carbocycles. The van der Waals surface area contributed by atoms with Crippen molar-refractivity contribution in [1.29, 1.82) is 0 Å². The first kappa shape index (κ1) is 13.8. The molecule has 0 radical (unpaired) electrons. The SMILES string of the molecule is CCOc1cccc(OCC(N)CN(C)C)c1. The van der Waals surface area contributed by atoms with E-state index in [1.807, 2.05) is 50.2 Å². The molecule has 0 spiro atoms. The molecule has 17 heavy (non-hydrogen) atoms. The normalized spacial score (nSPS) is 12.5. The van der Waals surface area contributed by atoms with Crippen LogP contribution in [0.3, 0.4) is 0 Å². The van der Waals surface area contributed by atoms with Crippen LogP contribution in [0.5, 0.6) is 11.5 Å². The van der Waals surface area contributed by atoms with Gasteiger partial charge in [0, 0.05) is 12.6 Å². The first-order valence-corrected chi connectivity index (χ1v) is 5.87. The molecule has 0 aliphatic carbocycles. The Balaban J connectivity index is 2.43. The topological polar surface area (TPSA) is 47.7 Å². The number of ether oxygens (including phenoxy) is 2. The van der Waals surface area contributed by atoms with E-state index in [1.54, 1.807) is 0 Å². The van der Waals surface area contributed by atoms with Crippen molar-refractivity contribution in [3.05, 3.63) is 24.3 Å². The summed E-state index contributed by atoms with van der Waals surface area (Å²) in [6, 6.07) is 7.63. The van der Waals surface area contributed by atoms with Gasteiger partial charge in [0.25, 0.3) is 0 Å². The van der Waals surface area contributed by atoms with Crippen molar-refractivity contribution < 1.29 is 9.47 Å². The highest BCUT2D eigenvalue weighted by atomic mass is 16.5. The van der Waals surface area contributed by atoms with Gasteiger partial charge in [0.05, 0.1) is 12.6 Å². The van der Waals surface area contributed by atoms with Crippen LogP contribution < -0.4 is 15.2 Å². The molecule has 0 aromatic heterocycles. The van der Waals surface area contributed by atoms with E-state index in [4.69, 9.17) is 15.2 Å². The molecule has 96 valence electrons. The summed E-state index contributed by atoms with van der Waals surface area (Å²) in [7, 11) is 3.99. The highest BCUT2D eigenvalue weighted by Gasteiger charge is 2.05. The summed E-state index contributed by atoms with van der Waals surface area (Å²) in [4.78, 5) is 2.05. The van der Waals surface area contributed by atoms with Crippen LogP contribution in [-0.4, -0.2) is 44.8 Å². The standard InChI is InChI=1S/C13H22N2O2/c1-4-16-12-6-5-7-13(8-12)17-10-11(14)9-15(2)3/h5-8,11H,4,9-10,14H2,1-3H3. The maximum absolute atomic E-state index is 5.92. The smallest absolute Gasteiger partial charge is 0.123 e. The van der Waals surface area contributed by atoms with Crippen LogP contribution in [0.15, 0.2) is 24.3 Å². The molecule has 0 aliphatic heterocycles. The Morgan fingerprint density at radius 2 is 1.88 bits per heavy atom. The van der Waals surface area contributed by atoms with Crippen LogP contribution in [0.2, 0.25) is 0 Å². The van der Waals surface area contributed by atoms with Crippen LogP contribution in [0.1, 0.15) is 6.92 Å².